The first-order valence-corrected chi connectivity index (χ1v) is 7.54. The third-order valence-corrected chi connectivity index (χ3v) is 4.66. The van der Waals surface area contributed by atoms with E-state index in [9.17, 15) is 4.79 Å². The number of rotatable bonds is 3. The maximum absolute atomic E-state index is 11.8. The van der Waals surface area contributed by atoms with Crippen molar-refractivity contribution in [2.45, 2.75) is 6.92 Å². The second kappa shape index (κ2) is 6.59. The van der Waals surface area contributed by atoms with Gasteiger partial charge in [-0.15, -0.1) is 11.3 Å². The highest BCUT2D eigenvalue weighted by Gasteiger charge is 2.11. The first kappa shape index (κ1) is 15.3. The molecular formula is C13H9Cl3N2OS. The van der Waals surface area contributed by atoms with E-state index in [1.807, 2.05) is 5.38 Å². The van der Waals surface area contributed by atoms with Crippen LogP contribution in [0.3, 0.4) is 0 Å². The predicted molar refractivity (Wildman–Crippen MR) is 85.5 cm³/mol. The highest BCUT2D eigenvalue weighted by Crippen LogP contribution is 2.32. The number of thiophene rings is 1. The van der Waals surface area contributed by atoms with Gasteiger partial charge in [-0.25, -0.2) is 5.43 Å². The Hall–Kier alpha value is -1.07. The normalized spacial score (nSPS) is 11.5. The molecule has 0 spiro atoms. The first-order valence-electron chi connectivity index (χ1n) is 5.52. The third kappa shape index (κ3) is 3.33. The lowest BCUT2D eigenvalue weighted by molar-refractivity contribution is 0.0959. The number of hydrogen-bond acceptors (Lipinski definition) is 3. The molecule has 0 fully saturated rings. The summed E-state index contributed by atoms with van der Waals surface area (Å²) in [4.78, 5) is 12.3. The number of carbonyl (C=O) groups is 1. The molecule has 7 heteroatoms. The van der Waals surface area contributed by atoms with Crippen molar-refractivity contribution in [1.29, 1.82) is 0 Å². The van der Waals surface area contributed by atoms with Crippen molar-refractivity contribution >= 4 is 57.8 Å². The van der Waals surface area contributed by atoms with Crippen molar-refractivity contribution in [2.75, 3.05) is 0 Å². The second-order valence-corrected chi connectivity index (χ2v) is 5.95. The number of carbonyl (C=O) groups excluding carboxylic acids is 1. The lowest BCUT2D eigenvalue weighted by Gasteiger charge is -2.07. The third-order valence-electron chi connectivity index (χ3n) is 2.50. The van der Waals surface area contributed by atoms with Crippen molar-refractivity contribution in [2.24, 2.45) is 5.10 Å². The summed E-state index contributed by atoms with van der Waals surface area (Å²) in [6.07, 6.45) is 0. The fraction of sp³-hybridized carbons (Fsp3) is 0.0769. The number of hydrazone groups is 1. The van der Waals surface area contributed by atoms with Crippen LogP contribution in [0.15, 0.2) is 34.7 Å². The van der Waals surface area contributed by atoms with Crippen molar-refractivity contribution in [3.05, 3.63) is 55.2 Å². The van der Waals surface area contributed by atoms with Gasteiger partial charge < -0.3 is 0 Å². The molecule has 1 N–H and O–H groups in total. The minimum atomic E-state index is -0.268. The maximum atomic E-state index is 11.8. The van der Waals surface area contributed by atoms with Crippen LogP contribution in [0.4, 0.5) is 0 Å². The van der Waals surface area contributed by atoms with Crippen molar-refractivity contribution in [3.8, 4) is 0 Å². The smallest absolute Gasteiger partial charge is 0.266 e. The number of benzene rings is 1. The first-order chi connectivity index (χ1) is 9.50. The standard InChI is InChI=1S/C13H9Cl3N2OS/c1-7(8-4-5-9(14)12(16)11(8)15)17-18-13(19)10-3-2-6-20-10/h2-6H,1H3,(H,18,19)/b17-7+. The van der Waals surface area contributed by atoms with Crippen molar-refractivity contribution < 1.29 is 4.79 Å². The summed E-state index contributed by atoms with van der Waals surface area (Å²) in [6.45, 7) is 1.72. The molecule has 0 bridgehead atoms. The van der Waals surface area contributed by atoms with Crippen molar-refractivity contribution in [1.82, 2.24) is 5.43 Å². The largest absolute Gasteiger partial charge is 0.281 e. The molecule has 0 aliphatic carbocycles. The topological polar surface area (TPSA) is 41.5 Å². The lowest BCUT2D eigenvalue weighted by Crippen LogP contribution is -2.18. The summed E-state index contributed by atoms with van der Waals surface area (Å²) < 4.78 is 0. The number of hydrogen-bond donors (Lipinski definition) is 1. The van der Waals surface area contributed by atoms with Gasteiger partial charge >= 0.3 is 0 Å². The van der Waals surface area contributed by atoms with Crippen LogP contribution in [0.1, 0.15) is 22.2 Å². The zero-order valence-electron chi connectivity index (χ0n) is 10.3. The van der Waals surface area contributed by atoms with Gasteiger partial charge in [-0.3, -0.25) is 4.79 Å². The molecule has 0 unspecified atom stereocenters. The molecule has 0 aliphatic heterocycles. The quantitative estimate of drug-likeness (QED) is 0.481. The van der Waals surface area contributed by atoms with E-state index in [0.717, 1.165) is 0 Å². The molecule has 0 atom stereocenters. The van der Waals surface area contributed by atoms with Gasteiger partial charge in [0.2, 0.25) is 0 Å². The molecule has 1 aromatic carbocycles. The molecule has 1 amide bonds. The molecule has 2 rings (SSSR count). The van der Waals surface area contributed by atoms with Crippen LogP contribution in [0.25, 0.3) is 0 Å². The highest BCUT2D eigenvalue weighted by molar-refractivity contribution is 7.12. The minimum Gasteiger partial charge on any atom is -0.266 e. The fourth-order valence-electron chi connectivity index (χ4n) is 1.46. The Morgan fingerprint density at radius 3 is 2.60 bits per heavy atom. The van der Waals surface area contributed by atoms with Crippen LogP contribution in [0.5, 0.6) is 0 Å². The van der Waals surface area contributed by atoms with Crippen LogP contribution in [-0.4, -0.2) is 11.6 Å². The van der Waals surface area contributed by atoms with E-state index in [1.54, 1.807) is 31.2 Å². The minimum absolute atomic E-state index is 0.268. The van der Waals surface area contributed by atoms with E-state index in [4.69, 9.17) is 34.8 Å². The van der Waals surface area contributed by atoms with Crippen LogP contribution < -0.4 is 5.43 Å². The average molecular weight is 348 g/mol. The molecule has 0 radical (unpaired) electrons. The van der Waals surface area contributed by atoms with Gasteiger partial charge in [0.05, 0.1) is 25.7 Å². The van der Waals surface area contributed by atoms with E-state index in [2.05, 4.69) is 10.5 Å². The summed E-state index contributed by atoms with van der Waals surface area (Å²) >= 11 is 19.3. The fourth-order valence-corrected chi connectivity index (χ4v) is 2.75. The van der Waals surface area contributed by atoms with Crippen molar-refractivity contribution in [3.63, 3.8) is 0 Å². The van der Waals surface area contributed by atoms with E-state index in [1.165, 1.54) is 11.3 Å². The second-order valence-electron chi connectivity index (χ2n) is 3.84. The Balaban J connectivity index is 2.19. The Morgan fingerprint density at radius 2 is 1.95 bits per heavy atom. The lowest BCUT2D eigenvalue weighted by atomic mass is 10.1. The molecule has 0 aliphatic rings. The van der Waals surface area contributed by atoms with Gasteiger partial charge in [0, 0.05) is 5.56 Å². The van der Waals surface area contributed by atoms with Gasteiger partial charge in [0.1, 0.15) is 0 Å². The Kier molecular flexibility index (Phi) is 5.05. The van der Waals surface area contributed by atoms with E-state index in [-0.39, 0.29) is 10.9 Å². The summed E-state index contributed by atoms with van der Waals surface area (Å²) in [5.41, 5.74) is 3.63. The van der Waals surface area contributed by atoms with Crippen LogP contribution >= 0.6 is 46.1 Å². The Morgan fingerprint density at radius 1 is 1.20 bits per heavy atom. The van der Waals surface area contributed by atoms with Gasteiger partial charge in [-0.05, 0) is 24.4 Å². The molecule has 0 saturated heterocycles. The van der Waals surface area contributed by atoms with Gasteiger partial charge in [0.25, 0.3) is 5.91 Å². The van der Waals surface area contributed by atoms with E-state index < -0.39 is 0 Å². The molecule has 1 aromatic heterocycles. The van der Waals surface area contributed by atoms with Gasteiger partial charge in [-0.2, -0.15) is 5.10 Å². The summed E-state index contributed by atoms with van der Waals surface area (Å²) in [5, 5.41) is 6.79. The average Bonchev–Trinajstić information content (AvgIpc) is 2.96. The number of amides is 1. The van der Waals surface area contributed by atoms with Gasteiger partial charge in [-0.1, -0.05) is 46.9 Å². The molecule has 0 saturated carbocycles. The molecule has 2 aromatic rings. The Bertz CT molecular complexity index is 669. The predicted octanol–water partition coefficient (Wildman–Crippen LogP) is 4.86. The monoisotopic (exact) mass is 346 g/mol. The Labute approximate surface area is 135 Å². The molecule has 1 heterocycles. The summed E-state index contributed by atoms with van der Waals surface area (Å²) in [5.74, 6) is -0.268. The van der Waals surface area contributed by atoms with Crippen LogP contribution in [0, 0.1) is 0 Å². The molecule has 104 valence electrons. The zero-order chi connectivity index (χ0) is 14.7. The summed E-state index contributed by atoms with van der Waals surface area (Å²) in [6, 6.07) is 6.85. The molecule has 3 nitrogen and oxygen atoms in total. The molecule has 20 heavy (non-hydrogen) atoms. The van der Waals surface area contributed by atoms with Crippen LogP contribution in [-0.2, 0) is 0 Å². The number of halogens is 3. The van der Waals surface area contributed by atoms with Crippen LogP contribution in [0.2, 0.25) is 15.1 Å². The van der Waals surface area contributed by atoms with Gasteiger partial charge in [0.15, 0.2) is 0 Å². The highest BCUT2D eigenvalue weighted by atomic mass is 35.5. The number of nitrogens with zero attached hydrogens (tertiary/aromatic N) is 1. The number of nitrogens with one attached hydrogen (secondary N) is 1. The summed E-state index contributed by atoms with van der Waals surface area (Å²) in [7, 11) is 0. The zero-order valence-corrected chi connectivity index (χ0v) is 13.4. The molecular weight excluding hydrogens is 339 g/mol. The van der Waals surface area contributed by atoms with E-state index >= 15 is 0 Å². The SMILES string of the molecule is C/C(=N\NC(=O)c1cccs1)c1ccc(Cl)c(Cl)c1Cl. The maximum Gasteiger partial charge on any atom is 0.281 e. The van der Waals surface area contributed by atoms with E-state index in [0.29, 0.717) is 26.2 Å².